The number of hydrogen-bond acceptors (Lipinski definition) is 3. The molecule has 2 aromatic rings. The van der Waals surface area contributed by atoms with E-state index in [2.05, 4.69) is 5.32 Å². The summed E-state index contributed by atoms with van der Waals surface area (Å²) in [6.07, 6.45) is 12.3. The van der Waals surface area contributed by atoms with E-state index < -0.39 is 0 Å². The zero-order chi connectivity index (χ0) is 21.6. The first kappa shape index (κ1) is 20.9. The molecule has 1 saturated carbocycles. The molecule has 0 bridgehead atoms. The molecule has 2 aliphatic rings. The van der Waals surface area contributed by atoms with Gasteiger partial charge in [-0.3, -0.25) is 9.59 Å². The number of anilines is 1. The summed E-state index contributed by atoms with van der Waals surface area (Å²) in [7, 11) is 0. The molecule has 0 aliphatic heterocycles. The number of hydrogen-bond donors (Lipinski definition) is 2. The minimum atomic E-state index is -0.125. The topological polar surface area (TPSA) is 66.4 Å². The summed E-state index contributed by atoms with van der Waals surface area (Å²) in [5.41, 5.74) is 4.38. The predicted molar refractivity (Wildman–Crippen MR) is 124 cm³/mol. The number of carbonyl (C=O) groups excluding carboxylic acids is 2. The van der Waals surface area contributed by atoms with Crippen LogP contribution in [0.15, 0.2) is 84.2 Å². The monoisotopic (exact) mass is 413 g/mol. The number of nitrogens with one attached hydrogen (secondary N) is 1. The highest BCUT2D eigenvalue weighted by atomic mass is 16.3. The molecule has 158 valence electrons. The van der Waals surface area contributed by atoms with Gasteiger partial charge in [0.15, 0.2) is 5.78 Å². The number of aliphatic hydroxyl groups is 1. The lowest BCUT2D eigenvalue weighted by atomic mass is 9.94. The van der Waals surface area contributed by atoms with Crippen LogP contribution in [0.25, 0.3) is 11.1 Å². The smallest absolute Gasteiger partial charge is 0.228 e. The lowest BCUT2D eigenvalue weighted by molar-refractivity contribution is -0.115. The first-order chi connectivity index (χ1) is 15.1. The van der Waals surface area contributed by atoms with Crippen LogP contribution in [0.5, 0.6) is 0 Å². The summed E-state index contributed by atoms with van der Waals surface area (Å²) < 4.78 is 0. The Morgan fingerprint density at radius 2 is 1.58 bits per heavy atom. The van der Waals surface area contributed by atoms with Crippen molar-refractivity contribution in [2.75, 3.05) is 5.32 Å². The van der Waals surface area contributed by atoms with Gasteiger partial charge in [0.25, 0.3) is 0 Å². The maximum absolute atomic E-state index is 12.6. The van der Waals surface area contributed by atoms with Crippen molar-refractivity contribution in [1.29, 1.82) is 0 Å². The van der Waals surface area contributed by atoms with Gasteiger partial charge in [-0.1, -0.05) is 61.4 Å². The van der Waals surface area contributed by atoms with Crippen LogP contribution in [0.4, 0.5) is 5.69 Å². The summed E-state index contributed by atoms with van der Waals surface area (Å²) in [5, 5.41) is 12.6. The summed E-state index contributed by atoms with van der Waals surface area (Å²) in [4.78, 5) is 24.9. The number of aliphatic hydroxyl groups excluding tert-OH is 1. The summed E-state index contributed by atoms with van der Waals surface area (Å²) >= 11 is 0. The molecule has 2 aliphatic carbocycles. The Morgan fingerprint density at radius 3 is 2.26 bits per heavy atom. The average molecular weight is 414 g/mol. The fourth-order valence-electron chi connectivity index (χ4n) is 4.22. The molecule has 2 N–H and O–H groups in total. The highest BCUT2D eigenvalue weighted by Gasteiger charge is 2.23. The van der Waals surface area contributed by atoms with E-state index >= 15 is 0 Å². The van der Waals surface area contributed by atoms with Gasteiger partial charge in [-0.2, -0.15) is 0 Å². The maximum Gasteiger partial charge on any atom is 0.228 e. The van der Waals surface area contributed by atoms with Crippen LogP contribution in [-0.2, 0) is 4.79 Å². The molecule has 4 nitrogen and oxygen atoms in total. The van der Waals surface area contributed by atoms with Gasteiger partial charge in [0, 0.05) is 17.2 Å². The van der Waals surface area contributed by atoms with E-state index in [1.807, 2.05) is 60.7 Å². The van der Waals surface area contributed by atoms with E-state index in [0.717, 1.165) is 53.6 Å². The quantitative estimate of drug-likeness (QED) is 0.540. The number of allylic oxidation sites excluding steroid dienone is 4. The second kappa shape index (κ2) is 9.61. The molecular formula is C27H27NO3. The molecule has 4 heteroatoms. The second-order valence-corrected chi connectivity index (χ2v) is 8.21. The van der Waals surface area contributed by atoms with Crippen molar-refractivity contribution in [3.63, 3.8) is 0 Å². The average Bonchev–Trinajstić information content (AvgIpc) is 3.24. The number of Topliss-reactive ketones (excluding diaryl/α,β-unsaturated/α-hetero) is 1. The van der Waals surface area contributed by atoms with Crippen LogP contribution in [-0.4, -0.2) is 16.8 Å². The van der Waals surface area contributed by atoms with Gasteiger partial charge in [0.1, 0.15) is 5.76 Å². The lowest BCUT2D eigenvalue weighted by Gasteiger charge is -2.10. The number of ketones is 1. The second-order valence-electron chi connectivity index (χ2n) is 8.21. The Hall–Kier alpha value is -3.40. The molecule has 0 radical (unpaired) electrons. The third kappa shape index (κ3) is 5.40. The van der Waals surface area contributed by atoms with Gasteiger partial charge in [-0.05, 0) is 60.2 Å². The molecule has 31 heavy (non-hydrogen) atoms. The van der Waals surface area contributed by atoms with Crippen LogP contribution in [0.1, 0.15) is 48.9 Å². The van der Waals surface area contributed by atoms with E-state index in [1.54, 1.807) is 12.2 Å². The Kier molecular flexibility index (Phi) is 6.46. The molecule has 1 amide bonds. The van der Waals surface area contributed by atoms with Gasteiger partial charge < -0.3 is 10.4 Å². The van der Waals surface area contributed by atoms with Crippen LogP contribution >= 0.6 is 0 Å². The van der Waals surface area contributed by atoms with Gasteiger partial charge in [-0.25, -0.2) is 0 Å². The standard InChI is InChI=1S/C27H27NO3/c29-25-8-4-1-5-19(17-25)18-26(30)28-24-15-13-21(14-16-24)20-9-11-23(12-10-20)27(31)22-6-2-3-7-22/h4-5,8-17,22,29H,1-3,6-7,18H2,(H,28,30). The minimum Gasteiger partial charge on any atom is -0.508 e. The first-order valence-corrected chi connectivity index (χ1v) is 10.9. The highest BCUT2D eigenvalue weighted by Crippen LogP contribution is 2.29. The molecular weight excluding hydrogens is 386 g/mol. The Labute approximate surface area is 183 Å². The zero-order valence-electron chi connectivity index (χ0n) is 17.5. The van der Waals surface area contributed by atoms with Crippen molar-refractivity contribution in [3.8, 4) is 11.1 Å². The molecule has 1 fully saturated rings. The number of benzene rings is 2. The first-order valence-electron chi connectivity index (χ1n) is 10.9. The highest BCUT2D eigenvalue weighted by molar-refractivity contribution is 5.98. The van der Waals surface area contributed by atoms with Crippen LogP contribution in [0.2, 0.25) is 0 Å². The van der Waals surface area contributed by atoms with Crippen molar-refractivity contribution < 1.29 is 14.7 Å². The van der Waals surface area contributed by atoms with Crippen molar-refractivity contribution >= 4 is 17.4 Å². The maximum atomic E-state index is 12.6. The van der Waals surface area contributed by atoms with E-state index in [1.165, 1.54) is 0 Å². The van der Waals surface area contributed by atoms with Gasteiger partial charge in [-0.15, -0.1) is 0 Å². The number of amides is 1. The van der Waals surface area contributed by atoms with Crippen molar-refractivity contribution in [2.24, 2.45) is 5.92 Å². The number of carbonyl (C=O) groups is 2. The fourth-order valence-corrected chi connectivity index (χ4v) is 4.22. The molecule has 2 aromatic carbocycles. The molecule has 0 aromatic heterocycles. The summed E-state index contributed by atoms with van der Waals surface area (Å²) in [6, 6.07) is 15.5. The normalized spacial score (nSPS) is 16.4. The molecule has 0 saturated heterocycles. The number of rotatable bonds is 6. The SMILES string of the molecule is O=C(CC1=CCC=CC(O)=C1)Nc1ccc(-c2ccc(C(=O)C3CCCC3)cc2)cc1. The van der Waals surface area contributed by atoms with Crippen molar-refractivity contribution in [3.05, 3.63) is 89.7 Å². The third-order valence-corrected chi connectivity index (χ3v) is 5.90. The largest absolute Gasteiger partial charge is 0.508 e. The Bertz CT molecular complexity index is 1040. The molecule has 0 atom stereocenters. The van der Waals surface area contributed by atoms with E-state index in [9.17, 15) is 14.7 Å². The van der Waals surface area contributed by atoms with Gasteiger partial charge >= 0.3 is 0 Å². The van der Waals surface area contributed by atoms with Gasteiger partial charge in [0.05, 0.1) is 6.42 Å². The fraction of sp³-hybridized carbons (Fsp3) is 0.259. The van der Waals surface area contributed by atoms with E-state index in [4.69, 9.17) is 0 Å². The zero-order valence-corrected chi connectivity index (χ0v) is 17.5. The molecule has 0 heterocycles. The van der Waals surface area contributed by atoms with E-state index in [0.29, 0.717) is 6.42 Å². The Balaban J connectivity index is 1.36. The minimum absolute atomic E-state index is 0.125. The lowest BCUT2D eigenvalue weighted by Crippen LogP contribution is -2.11. The van der Waals surface area contributed by atoms with Gasteiger partial charge in [0.2, 0.25) is 5.91 Å². The van der Waals surface area contributed by atoms with Crippen LogP contribution in [0, 0.1) is 5.92 Å². The predicted octanol–water partition coefficient (Wildman–Crippen LogP) is 6.38. The molecule has 4 rings (SSSR count). The van der Waals surface area contributed by atoms with Crippen LogP contribution < -0.4 is 5.32 Å². The van der Waals surface area contributed by atoms with Crippen molar-refractivity contribution in [1.82, 2.24) is 0 Å². The Morgan fingerprint density at radius 1 is 0.935 bits per heavy atom. The van der Waals surface area contributed by atoms with Crippen molar-refractivity contribution in [2.45, 2.75) is 38.5 Å². The summed E-state index contributed by atoms with van der Waals surface area (Å²) in [6.45, 7) is 0. The van der Waals surface area contributed by atoms with Crippen LogP contribution in [0.3, 0.4) is 0 Å². The molecule has 0 spiro atoms. The van der Waals surface area contributed by atoms with E-state index in [-0.39, 0.29) is 29.8 Å². The molecule has 0 unspecified atom stereocenters. The summed E-state index contributed by atoms with van der Waals surface area (Å²) in [5.74, 6) is 0.500. The third-order valence-electron chi connectivity index (χ3n) is 5.90.